The Labute approximate surface area is 95.2 Å². The van der Waals surface area contributed by atoms with E-state index in [0.29, 0.717) is 5.22 Å². The molecule has 0 aliphatic heterocycles. The highest BCUT2D eigenvalue weighted by molar-refractivity contribution is 7.93. The van der Waals surface area contributed by atoms with Gasteiger partial charge < -0.3 is 4.74 Å². The molecular formula is C10H11Cl2OP. The molecule has 0 aliphatic rings. The molecule has 0 N–H and O–H groups in total. The van der Waals surface area contributed by atoms with Crippen molar-refractivity contribution in [2.24, 2.45) is 0 Å². The number of rotatable bonds is 3. The van der Waals surface area contributed by atoms with E-state index in [2.05, 4.69) is 0 Å². The molecule has 0 heterocycles. The molecule has 0 radical (unpaired) electrons. The molecule has 0 aromatic heterocycles. The van der Waals surface area contributed by atoms with Gasteiger partial charge in [-0.3, -0.25) is 0 Å². The van der Waals surface area contributed by atoms with Gasteiger partial charge in [-0.25, -0.2) is 0 Å². The lowest BCUT2D eigenvalue weighted by molar-refractivity contribution is 0.320. The highest BCUT2D eigenvalue weighted by Gasteiger charge is 2.13. The summed E-state index contributed by atoms with van der Waals surface area (Å²) in [6.07, 6.45) is 0. The summed E-state index contributed by atoms with van der Waals surface area (Å²) in [6, 6.07) is 9.85. The number of allylic oxidation sites excluding steroid dienone is 1. The molecule has 0 saturated heterocycles. The number of hydrogen-bond acceptors (Lipinski definition) is 1. The van der Waals surface area contributed by atoms with E-state index in [0.717, 1.165) is 10.6 Å². The van der Waals surface area contributed by atoms with Crippen molar-refractivity contribution < 1.29 is 4.74 Å². The van der Waals surface area contributed by atoms with Gasteiger partial charge in [0.15, 0.2) is 5.22 Å². The highest BCUT2D eigenvalue weighted by Crippen LogP contribution is 2.50. The SMILES string of the molecule is CO/C(Cl)=C(/C)P(Cl)c1ccccc1. The van der Waals surface area contributed by atoms with Crippen LogP contribution in [-0.4, -0.2) is 7.11 Å². The van der Waals surface area contributed by atoms with Crippen molar-refractivity contribution in [2.45, 2.75) is 6.92 Å². The molecule has 1 aromatic carbocycles. The van der Waals surface area contributed by atoms with E-state index < -0.39 is 7.27 Å². The van der Waals surface area contributed by atoms with Gasteiger partial charge in [-0.2, -0.15) is 0 Å². The van der Waals surface area contributed by atoms with Gasteiger partial charge in [-0.15, -0.1) is 0 Å². The largest absolute Gasteiger partial charge is 0.486 e. The lowest BCUT2D eigenvalue weighted by Crippen LogP contribution is -1.97. The molecule has 76 valence electrons. The van der Waals surface area contributed by atoms with Crippen molar-refractivity contribution in [3.63, 3.8) is 0 Å². The predicted octanol–water partition coefficient (Wildman–Crippen LogP) is 4.02. The molecule has 0 saturated carbocycles. The summed E-state index contributed by atoms with van der Waals surface area (Å²) in [6.45, 7) is 1.89. The van der Waals surface area contributed by atoms with Crippen molar-refractivity contribution in [3.8, 4) is 0 Å². The summed E-state index contributed by atoms with van der Waals surface area (Å²) >= 11 is 12.1. The fraction of sp³-hybridized carbons (Fsp3) is 0.200. The van der Waals surface area contributed by atoms with Crippen LogP contribution in [0.5, 0.6) is 0 Å². The van der Waals surface area contributed by atoms with Crippen molar-refractivity contribution in [1.82, 2.24) is 0 Å². The minimum Gasteiger partial charge on any atom is -0.486 e. The topological polar surface area (TPSA) is 9.23 Å². The summed E-state index contributed by atoms with van der Waals surface area (Å²) in [5, 5.41) is 2.35. The molecule has 1 nitrogen and oxygen atoms in total. The summed E-state index contributed by atoms with van der Waals surface area (Å²) in [5.41, 5.74) is 0. The second-order valence-electron chi connectivity index (χ2n) is 2.68. The lowest BCUT2D eigenvalue weighted by Gasteiger charge is -2.11. The summed E-state index contributed by atoms with van der Waals surface area (Å²) < 4.78 is 4.93. The van der Waals surface area contributed by atoms with Crippen molar-refractivity contribution in [1.29, 1.82) is 0 Å². The smallest absolute Gasteiger partial charge is 0.191 e. The van der Waals surface area contributed by atoms with Crippen LogP contribution in [0.4, 0.5) is 0 Å². The van der Waals surface area contributed by atoms with Gasteiger partial charge in [0.05, 0.1) is 14.4 Å². The molecule has 1 atom stereocenters. The predicted molar refractivity (Wildman–Crippen MR) is 64.4 cm³/mol. The summed E-state index contributed by atoms with van der Waals surface area (Å²) in [4.78, 5) is 0. The van der Waals surface area contributed by atoms with Gasteiger partial charge in [0.1, 0.15) is 0 Å². The average Bonchev–Trinajstić information content (AvgIpc) is 2.27. The Morgan fingerprint density at radius 1 is 1.29 bits per heavy atom. The standard InChI is InChI=1S/C10H11Cl2OP/c1-8(10(11)13-2)14(12)9-6-4-3-5-7-9/h3-7H,1-2H3/b10-8-. The normalized spacial score (nSPS) is 14.6. The van der Waals surface area contributed by atoms with Crippen LogP contribution >= 0.6 is 30.1 Å². The van der Waals surface area contributed by atoms with E-state index in [1.807, 2.05) is 37.3 Å². The number of ether oxygens (including phenoxy) is 1. The lowest BCUT2D eigenvalue weighted by atomic mass is 10.4. The summed E-state index contributed by atoms with van der Waals surface area (Å²) in [5.74, 6) is 0. The first kappa shape index (κ1) is 11.8. The number of halogens is 2. The zero-order valence-corrected chi connectivity index (χ0v) is 10.4. The minimum atomic E-state index is -0.887. The Bertz CT molecular complexity index is 324. The first-order valence-electron chi connectivity index (χ1n) is 4.08. The van der Waals surface area contributed by atoms with Gasteiger partial charge in [0.25, 0.3) is 0 Å². The van der Waals surface area contributed by atoms with E-state index in [4.69, 9.17) is 27.6 Å². The third-order valence-corrected chi connectivity index (χ3v) is 5.20. The Balaban J connectivity index is 2.91. The van der Waals surface area contributed by atoms with Crippen LogP contribution in [0.15, 0.2) is 40.9 Å². The van der Waals surface area contributed by atoms with Crippen LogP contribution in [0.2, 0.25) is 0 Å². The number of benzene rings is 1. The van der Waals surface area contributed by atoms with Crippen LogP contribution in [0.1, 0.15) is 6.92 Å². The molecule has 0 amide bonds. The maximum atomic E-state index is 6.27. The van der Waals surface area contributed by atoms with Crippen LogP contribution in [-0.2, 0) is 4.74 Å². The van der Waals surface area contributed by atoms with Crippen LogP contribution < -0.4 is 5.30 Å². The molecule has 0 bridgehead atoms. The molecule has 1 rings (SSSR count). The number of methoxy groups -OCH3 is 1. The Morgan fingerprint density at radius 3 is 2.36 bits per heavy atom. The van der Waals surface area contributed by atoms with Crippen molar-refractivity contribution >= 4 is 35.4 Å². The van der Waals surface area contributed by atoms with Crippen molar-refractivity contribution in [3.05, 3.63) is 40.9 Å². The van der Waals surface area contributed by atoms with Gasteiger partial charge in [0, 0.05) is 5.31 Å². The van der Waals surface area contributed by atoms with E-state index in [9.17, 15) is 0 Å². The van der Waals surface area contributed by atoms with Crippen LogP contribution in [0.3, 0.4) is 0 Å². The van der Waals surface area contributed by atoms with Crippen LogP contribution in [0, 0.1) is 0 Å². The second kappa shape index (κ2) is 5.60. The molecule has 14 heavy (non-hydrogen) atoms. The highest BCUT2D eigenvalue weighted by atomic mass is 35.7. The Hall–Kier alpha value is -0.230. The van der Waals surface area contributed by atoms with E-state index in [1.165, 1.54) is 7.11 Å². The molecule has 1 aromatic rings. The van der Waals surface area contributed by atoms with Gasteiger partial charge >= 0.3 is 0 Å². The maximum absolute atomic E-state index is 6.27. The first-order valence-corrected chi connectivity index (χ1v) is 6.70. The van der Waals surface area contributed by atoms with E-state index >= 15 is 0 Å². The molecule has 0 aliphatic carbocycles. The van der Waals surface area contributed by atoms with Gasteiger partial charge in [-0.05, 0) is 23.8 Å². The van der Waals surface area contributed by atoms with Gasteiger partial charge in [-0.1, -0.05) is 41.6 Å². The maximum Gasteiger partial charge on any atom is 0.191 e. The zero-order chi connectivity index (χ0) is 10.6. The molecule has 1 unspecified atom stereocenters. The second-order valence-corrected chi connectivity index (χ2v) is 5.79. The van der Waals surface area contributed by atoms with E-state index in [1.54, 1.807) is 0 Å². The Kier molecular flexibility index (Phi) is 4.74. The molecule has 0 fully saturated rings. The monoisotopic (exact) mass is 248 g/mol. The van der Waals surface area contributed by atoms with Crippen LogP contribution in [0.25, 0.3) is 0 Å². The minimum absolute atomic E-state index is 0.384. The molecular weight excluding hydrogens is 238 g/mol. The Morgan fingerprint density at radius 2 is 1.86 bits per heavy atom. The fourth-order valence-electron chi connectivity index (χ4n) is 0.977. The zero-order valence-electron chi connectivity index (χ0n) is 8.00. The molecule has 0 spiro atoms. The first-order chi connectivity index (χ1) is 6.66. The quantitative estimate of drug-likeness (QED) is 0.580. The third kappa shape index (κ3) is 2.88. The molecule has 4 heteroatoms. The fourth-order valence-corrected chi connectivity index (χ4v) is 3.00. The van der Waals surface area contributed by atoms with E-state index in [-0.39, 0.29) is 0 Å². The van der Waals surface area contributed by atoms with Gasteiger partial charge in [0.2, 0.25) is 0 Å². The summed E-state index contributed by atoms with van der Waals surface area (Å²) in [7, 11) is 0.651. The number of hydrogen-bond donors (Lipinski definition) is 0. The third-order valence-electron chi connectivity index (χ3n) is 1.74. The van der Waals surface area contributed by atoms with Crippen molar-refractivity contribution in [2.75, 3.05) is 7.11 Å². The average molecular weight is 249 g/mol.